The van der Waals surface area contributed by atoms with E-state index >= 15 is 0 Å². The fraction of sp³-hybridized carbons (Fsp3) is 0. The van der Waals surface area contributed by atoms with Crippen LogP contribution in [0.2, 0.25) is 15.1 Å². The lowest BCUT2D eigenvalue weighted by Gasteiger charge is -2.08. The van der Waals surface area contributed by atoms with Crippen molar-refractivity contribution in [3.8, 4) is 0 Å². The molecule has 4 nitrogen and oxygen atoms in total. The Hall–Kier alpha value is -1.66. The van der Waals surface area contributed by atoms with Crippen LogP contribution in [0.1, 0.15) is 10.4 Å². The lowest BCUT2D eigenvalue weighted by molar-refractivity contribution is 0.0953. The number of fused-ring (bicyclic) bond motifs is 1. The van der Waals surface area contributed by atoms with Crippen molar-refractivity contribution in [2.45, 2.75) is 0 Å². The van der Waals surface area contributed by atoms with Crippen LogP contribution in [-0.2, 0) is 0 Å². The van der Waals surface area contributed by atoms with Crippen LogP contribution >= 0.6 is 47.0 Å². The number of halogens is 3. The maximum atomic E-state index is 12.6. The van der Waals surface area contributed by atoms with Crippen molar-refractivity contribution >= 4 is 63.8 Å². The standard InChI is InChI=1S/C15H7Cl3N2O2S/c16-8-3-1-7(2-4-8)13(21)20-14(22)10-5-9(17)6-11(18)12(10)19-15(20)23/h1-6H,(H,19,23). The largest absolute Gasteiger partial charge is 0.330 e. The van der Waals surface area contributed by atoms with E-state index in [2.05, 4.69) is 4.98 Å². The molecule has 1 N–H and O–H groups in total. The highest BCUT2D eigenvalue weighted by atomic mass is 35.5. The molecule has 8 heteroatoms. The van der Waals surface area contributed by atoms with Crippen molar-refractivity contribution in [2.24, 2.45) is 0 Å². The van der Waals surface area contributed by atoms with Crippen molar-refractivity contribution in [2.75, 3.05) is 0 Å². The fourth-order valence-electron chi connectivity index (χ4n) is 2.15. The summed E-state index contributed by atoms with van der Waals surface area (Å²) in [6.45, 7) is 0. The Morgan fingerprint density at radius 2 is 1.70 bits per heavy atom. The van der Waals surface area contributed by atoms with Gasteiger partial charge in [-0.2, -0.15) is 0 Å². The summed E-state index contributed by atoms with van der Waals surface area (Å²) < 4.78 is 0.819. The lowest BCUT2D eigenvalue weighted by atomic mass is 10.2. The molecule has 23 heavy (non-hydrogen) atoms. The summed E-state index contributed by atoms with van der Waals surface area (Å²) in [7, 11) is 0. The van der Waals surface area contributed by atoms with Gasteiger partial charge in [0.25, 0.3) is 11.5 Å². The fourth-order valence-corrected chi connectivity index (χ4v) is 3.09. The zero-order valence-electron chi connectivity index (χ0n) is 11.3. The smallest absolute Gasteiger partial charge is 0.269 e. The number of hydrogen-bond donors (Lipinski definition) is 1. The van der Waals surface area contributed by atoms with Crippen LogP contribution in [0.5, 0.6) is 0 Å². The van der Waals surface area contributed by atoms with Crippen molar-refractivity contribution in [1.82, 2.24) is 9.55 Å². The van der Waals surface area contributed by atoms with E-state index in [9.17, 15) is 9.59 Å². The number of benzene rings is 2. The molecule has 3 aromatic rings. The Kier molecular flexibility index (Phi) is 4.29. The quantitative estimate of drug-likeness (QED) is 0.617. The zero-order chi connectivity index (χ0) is 16.7. The highest BCUT2D eigenvalue weighted by molar-refractivity contribution is 7.71. The minimum atomic E-state index is -0.590. The van der Waals surface area contributed by atoms with E-state index in [1.165, 1.54) is 24.3 Å². The Morgan fingerprint density at radius 3 is 2.35 bits per heavy atom. The maximum Gasteiger partial charge on any atom is 0.269 e. The molecule has 0 saturated carbocycles. The van der Waals surface area contributed by atoms with Gasteiger partial charge >= 0.3 is 0 Å². The topological polar surface area (TPSA) is 54.9 Å². The number of carbonyl (C=O) groups excluding carboxylic acids is 1. The predicted octanol–water partition coefficient (Wildman–Crippen LogP) is 4.71. The number of H-pyrrole nitrogens is 1. The minimum Gasteiger partial charge on any atom is -0.330 e. The highest BCUT2D eigenvalue weighted by Gasteiger charge is 2.16. The van der Waals surface area contributed by atoms with Crippen molar-refractivity contribution in [3.63, 3.8) is 0 Å². The van der Waals surface area contributed by atoms with Gasteiger partial charge in [0.2, 0.25) is 0 Å². The lowest BCUT2D eigenvalue weighted by Crippen LogP contribution is -2.29. The second-order valence-electron chi connectivity index (χ2n) is 4.69. The van der Waals surface area contributed by atoms with E-state index in [-0.39, 0.29) is 25.8 Å². The monoisotopic (exact) mass is 384 g/mol. The molecule has 0 spiro atoms. The van der Waals surface area contributed by atoms with Gasteiger partial charge in [-0.3, -0.25) is 9.59 Å². The third-order valence-corrected chi connectivity index (χ3v) is 4.27. The number of aromatic nitrogens is 2. The Balaban J connectivity index is 2.30. The molecule has 0 unspecified atom stereocenters. The SMILES string of the molecule is O=C(c1ccc(Cl)cc1)n1c(=S)[nH]c2c(Cl)cc(Cl)cc2c1=O. The van der Waals surface area contributed by atoms with Crippen LogP contribution in [0.4, 0.5) is 0 Å². The molecule has 0 aliphatic rings. The maximum absolute atomic E-state index is 12.6. The molecule has 1 aromatic heterocycles. The molecule has 0 saturated heterocycles. The van der Waals surface area contributed by atoms with Gasteiger partial charge in [-0.25, -0.2) is 4.57 Å². The molecule has 2 aromatic carbocycles. The second kappa shape index (κ2) is 6.09. The van der Waals surface area contributed by atoms with Gasteiger partial charge in [-0.1, -0.05) is 34.8 Å². The average Bonchev–Trinajstić information content (AvgIpc) is 2.49. The normalized spacial score (nSPS) is 10.9. The van der Waals surface area contributed by atoms with E-state index in [0.717, 1.165) is 4.57 Å². The number of nitrogens with one attached hydrogen (secondary N) is 1. The summed E-state index contributed by atoms with van der Waals surface area (Å²) in [5.74, 6) is -0.564. The molecule has 0 aliphatic heterocycles. The molecular formula is C15H7Cl3N2O2S. The molecule has 0 aliphatic carbocycles. The van der Waals surface area contributed by atoms with E-state index in [0.29, 0.717) is 10.5 Å². The molecule has 116 valence electrons. The summed E-state index contributed by atoms with van der Waals surface area (Å²) in [5.41, 5.74) is 0.0304. The Labute approximate surface area is 150 Å². The number of nitrogens with zero attached hydrogens (tertiary/aromatic N) is 1. The first-order valence-corrected chi connectivity index (χ1v) is 7.87. The first-order valence-electron chi connectivity index (χ1n) is 6.33. The summed E-state index contributed by atoms with van der Waals surface area (Å²) >= 11 is 22.9. The third-order valence-electron chi connectivity index (χ3n) is 3.22. The molecule has 1 heterocycles. The first-order chi connectivity index (χ1) is 10.9. The number of carbonyl (C=O) groups is 1. The van der Waals surface area contributed by atoms with Gasteiger partial charge in [-0.15, -0.1) is 0 Å². The number of hydrogen-bond acceptors (Lipinski definition) is 3. The summed E-state index contributed by atoms with van der Waals surface area (Å²) in [6, 6.07) is 9.06. The van der Waals surface area contributed by atoms with Crippen LogP contribution < -0.4 is 5.56 Å². The summed E-state index contributed by atoms with van der Waals surface area (Å²) in [4.78, 5) is 28.0. The van der Waals surface area contributed by atoms with E-state index < -0.39 is 11.5 Å². The van der Waals surface area contributed by atoms with Gasteiger partial charge in [0, 0.05) is 15.6 Å². The van der Waals surface area contributed by atoms with Crippen LogP contribution in [0.25, 0.3) is 10.9 Å². The molecule has 3 rings (SSSR count). The number of rotatable bonds is 1. The highest BCUT2D eigenvalue weighted by Crippen LogP contribution is 2.24. The molecule has 0 radical (unpaired) electrons. The van der Waals surface area contributed by atoms with Crippen LogP contribution in [0.3, 0.4) is 0 Å². The minimum absolute atomic E-state index is 0.0494. The van der Waals surface area contributed by atoms with Gasteiger partial charge in [0.1, 0.15) is 0 Å². The van der Waals surface area contributed by atoms with E-state index in [1.54, 1.807) is 12.1 Å². The number of aromatic amines is 1. The van der Waals surface area contributed by atoms with Crippen molar-refractivity contribution in [3.05, 3.63) is 72.2 Å². The molecule has 0 atom stereocenters. The van der Waals surface area contributed by atoms with Gasteiger partial charge < -0.3 is 4.98 Å². The Bertz CT molecular complexity index is 1060. The Morgan fingerprint density at radius 1 is 1.04 bits per heavy atom. The van der Waals surface area contributed by atoms with Gasteiger partial charge in [-0.05, 0) is 48.6 Å². The van der Waals surface area contributed by atoms with Crippen LogP contribution in [0.15, 0.2) is 41.2 Å². The molecule has 0 fully saturated rings. The van der Waals surface area contributed by atoms with E-state index in [4.69, 9.17) is 47.0 Å². The molecular weight excluding hydrogens is 379 g/mol. The summed E-state index contributed by atoms with van der Waals surface area (Å²) in [6.07, 6.45) is 0. The van der Waals surface area contributed by atoms with Crippen molar-refractivity contribution < 1.29 is 4.79 Å². The van der Waals surface area contributed by atoms with Gasteiger partial charge in [0.05, 0.1) is 15.9 Å². The van der Waals surface area contributed by atoms with Crippen LogP contribution in [-0.4, -0.2) is 15.5 Å². The second-order valence-corrected chi connectivity index (χ2v) is 6.36. The molecule has 0 bridgehead atoms. The third kappa shape index (κ3) is 2.93. The summed E-state index contributed by atoms with van der Waals surface area (Å²) in [5, 5.41) is 1.20. The zero-order valence-corrected chi connectivity index (χ0v) is 14.4. The van der Waals surface area contributed by atoms with Crippen LogP contribution in [0, 0.1) is 4.77 Å². The predicted molar refractivity (Wildman–Crippen MR) is 94.6 cm³/mol. The molecule has 0 amide bonds. The van der Waals surface area contributed by atoms with E-state index in [1.807, 2.05) is 0 Å². The van der Waals surface area contributed by atoms with Gasteiger partial charge in [0.15, 0.2) is 4.77 Å². The first kappa shape index (κ1) is 16.2. The average molecular weight is 386 g/mol. The van der Waals surface area contributed by atoms with Crippen molar-refractivity contribution in [1.29, 1.82) is 0 Å².